The highest BCUT2D eigenvalue weighted by Gasteiger charge is 2.71. The summed E-state index contributed by atoms with van der Waals surface area (Å²) in [4.78, 5) is 1.21. The van der Waals surface area contributed by atoms with Gasteiger partial charge in [-0.1, -0.05) is 61.1 Å². The van der Waals surface area contributed by atoms with Crippen LogP contribution in [0.3, 0.4) is 0 Å². The maximum atomic E-state index is 13.4. The SMILES string of the molecule is O=S(=O)(C1=CC23CCCCCC2=C2CCCCCC123)c1ccccc1. The fraction of sp³-hybridized carbons (Fsp3) is 0.545. The molecule has 132 valence electrons. The molecule has 2 nitrogen and oxygen atoms in total. The Morgan fingerprint density at radius 3 is 2.20 bits per heavy atom. The number of sulfone groups is 1. The molecule has 2 fully saturated rings. The molecule has 0 saturated heterocycles. The van der Waals surface area contributed by atoms with E-state index < -0.39 is 9.84 Å². The van der Waals surface area contributed by atoms with Crippen LogP contribution in [0.4, 0.5) is 0 Å². The van der Waals surface area contributed by atoms with Crippen LogP contribution in [0.25, 0.3) is 0 Å². The highest BCUT2D eigenvalue weighted by Crippen LogP contribution is 2.79. The van der Waals surface area contributed by atoms with Gasteiger partial charge in [-0.15, -0.1) is 0 Å². The van der Waals surface area contributed by atoms with E-state index in [2.05, 4.69) is 6.08 Å². The van der Waals surface area contributed by atoms with E-state index >= 15 is 0 Å². The van der Waals surface area contributed by atoms with Gasteiger partial charge in [-0.25, -0.2) is 8.42 Å². The van der Waals surface area contributed by atoms with Crippen LogP contribution in [-0.2, 0) is 9.84 Å². The first-order valence-electron chi connectivity index (χ1n) is 9.89. The number of allylic oxidation sites excluding steroid dienone is 4. The van der Waals surface area contributed by atoms with Crippen molar-refractivity contribution in [2.45, 2.75) is 69.1 Å². The third-order valence-corrected chi connectivity index (χ3v) is 9.24. The van der Waals surface area contributed by atoms with E-state index in [-0.39, 0.29) is 10.8 Å². The van der Waals surface area contributed by atoms with Crippen molar-refractivity contribution in [3.05, 3.63) is 52.5 Å². The van der Waals surface area contributed by atoms with E-state index in [0.29, 0.717) is 4.90 Å². The van der Waals surface area contributed by atoms with Crippen LogP contribution in [0.15, 0.2) is 57.4 Å². The molecule has 3 heteroatoms. The predicted octanol–water partition coefficient (Wildman–Crippen LogP) is 5.57. The van der Waals surface area contributed by atoms with Gasteiger partial charge in [-0.05, 0) is 50.7 Å². The Bertz CT molecular complexity index is 878. The van der Waals surface area contributed by atoms with Crippen molar-refractivity contribution in [1.29, 1.82) is 0 Å². The standard InChI is InChI=1S/C22H26O2S/c23-25(24,17-10-4-1-5-11-17)20-16-21-14-8-2-6-12-18(21)19-13-7-3-9-15-22(19,20)21/h1,4-5,10-11,16H,2-3,6-9,12-15H2. The van der Waals surface area contributed by atoms with E-state index in [1.54, 1.807) is 17.7 Å². The number of hydrogen-bond acceptors (Lipinski definition) is 2. The Balaban J connectivity index is 1.67. The van der Waals surface area contributed by atoms with Gasteiger partial charge in [0.1, 0.15) is 0 Å². The minimum absolute atomic E-state index is 0.0976. The van der Waals surface area contributed by atoms with E-state index in [1.807, 2.05) is 18.2 Å². The average Bonchev–Trinajstić information content (AvgIpc) is 2.97. The molecule has 2 atom stereocenters. The third-order valence-electron chi connectivity index (χ3n) is 7.30. The highest BCUT2D eigenvalue weighted by molar-refractivity contribution is 7.95. The Labute approximate surface area is 150 Å². The van der Waals surface area contributed by atoms with Crippen LogP contribution in [0.1, 0.15) is 64.2 Å². The Hall–Kier alpha value is -1.35. The first-order valence-corrected chi connectivity index (χ1v) is 11.4. The summed E-state index contributed by atoms with van der Waals surface area (Å²) in [6, 6.07) is 9.06. The average molecular weight is 355 g/mol. The maximum absolute atomic E-state index is 13.4. The van der Waals surface area contributed by atoms with Crippen LogP contribution in [0.5, 0.6) is 0 Å². The molecule has 1 aromatic rings. The second-order valence-electron chi connectivity index (χ2n) is 8.28. The molecular weight excluding hydrogens is 328 g/mol. The fourth-order valence-electron chi connectivity index (χ4n) is 6.30. The quantitative estimate of drug-likeness (QED) is 0.651. The molecule has 0 N–H and O–H groups in total. The Morgan fingerprint density at radius 1 is 0.760 bits per heavy atom. The lowest BCUT2D eigenvalue weighted by molar-refractivity contribution is 0.0918. The van der Waals surface area contributed by atoms with Crippen LogP contribution in [-0.4, -0.2) is 8.42 Å². The van der Waals surface area contributed by atoms with Crippen molar-refractivity contribution in [2.24, 2.45) is 10.8 Å². The molecule has 0 bridgehead atoms. The lowest BCUT2D eigenvalue weighted by Gasteiger charge is -2.68. The number of benzene rings is 1. The fourth-order valence-corrected chi connectivity index (χ4v) is 8.29. The van der Waals surface area contributed by atoms with E-state index in [0.717, 1.165) is 17.7 Å². The number of rotatable bonds is 2. The van der Waals surface area contributed by atoms with Gasteiger partial charge in [-0.2, -0.15) is 0 Å². The molecule has 4 aliphatic rings. The monoisotopic (exact) mass is 354 g/mol. The summed E-state index contributed by atoms with van der Waals surface area (Å²) in [6.45, 7) is 0. The second kappa shape index (κ2) is 5.33. The van der Waals surface area contributed by atoms with E-state index in [4.69, 9.17) is 0 Å². The molecule has 2 saturated carbocycles. The summed E-state index contributed by atoms with van der Waals surface area (Å²) < 4.78 is 26.9. The minimum Gasteiger partial charge on any atom is -0.219 e. The molecule has 2 unspecified atom stereocenters. The molecule has 0 aliphatic heterocycles. The maximum Gasteiger partial charge on any atom is 0.203 e. The van der Waals surface area contributed by atoms with Crippen LogP contribution < -0.4 is 0 Å². The van der Waals surface area contributed by atoms with Gasteiger partial charge in [0.15, 0.2) is 0 Å². The molecule has 0 radical (unpaired) electrons. The third kappa shape index (κ3) is 1.83. The lowest BCUT2D eigenvalue weighted by atomic mass is 9.37. The Kier molecular flexibility index (Phi) is 3.38. The van der Waals surface area contributed by atoms with Crippen LogP contribution >= 0.6 is 0 Å². The van der Waals surface area contributed by atoms with E-state index in [1.165, 1.54) is 56.9 Å². The zero-order chi connectivity index (χ0) is 17.1. The minimum atomic E-state index is -3.37. The normalized spacial score (nSPS) is 34.3. The lowest BCUT2D eigenvalue weighted by Crippen LogP contribution is -2.61. The predicted molar refractivity (Wildman–Crippen MR) is 99.8 cm³/mol. The van der Waals surface area contributed by atoms with Gasteiger partial charge >= 0.3 is 0 Å². The van der Waals surface area contributed by atoms with Crippen molar-refractivity contribution in [2.75, 3.05) is 0 Å². The first-order chi connectivity index (χ1) is 12.1. The van der Waals surface area contributed by atoms with Gasteiger partial charge in [-0.3, -0.25) is 0 Å². The summed E-state index contributed by atoms with van der Waals surface area (Å²) in [7, 11) is -3.37. The van der Waals surface area contributed by atoms with Gasteiger partial charge in [0, 0.05) is 10.8 Å². The number of hydrogen-bond donors (Lipinski definition) is 0. The van der Waals surface area contributed by atoms with Crippen molar-refractivity contribution >= 4 is 9.84 Å². The van der Waals surface area contributed by atoms with Gasteiger partial charge in [0.25, 0.3) is 0 Å². The van der Waals surface area contributed by atoms with Crippen molar-refractivity contribution in [3.63, 3.8) is 0 Å². The summed E-state index contributed by atoms with van der Waals surface area (Å²) in [5.74, 6) is 0. The summed E-state index contributed by atoms with van der Waals surface area (Å²) in [6.07, 6.45) is 14.2. The van der Waals surface area contributed by atoms with Crippen molar-refractivity contribution in [1.82, 2.24) is 0 Å². The molecule has 25 heavy (non-hydrogen) atoms. The van der Waals surface area contributed by atoms with Gasteiger partial charge in [0.2, 0.25) is 9.84 Å². The molecule has 1 aromatic carbocycles. The molecule has 5 rings (SSSR count). The largest absolute Gasteiger partial charge is 0.219 e. The molecule has 0 amide bonds. The molecule has 0 aromatic heterocycles. The van der Waals surface area contributed by atoms with Gasteiger partial charge < -0.3 is 0 Å². The van der Waals surface area contributed by atoms with Crippen molar-refractivity contribution < 1.29 is 8.42 Å². The van der Waals surface area contributed by atoms with Crippen LogP contribution in [0.2, 0.25) is 0 Å². The molecule has 4 aliphatic carbocycles. The second-order valence-corrected chi connectivity index (χ2v) is 10.2. The van der Waals surface area contributed by atoms with Crippen LogP contribution in [0, 0.1) is 10.8 Å². The highest BCUT2D eigenvalue weighted by atomic mass is 32.2. The van der Waals surface area contributed by atoms with Crippen molar-refractivity contribution in [3.8, 4) is 0 Å². The Morgan fingerprint density at radius 2 is 1.44 bits per heavy atom. The topological polar surface area (TPSA) is 34.1 Å². The molecule has 2 spiro atoms. The van der Waals surface area contributed by atoms with E-state index in [9.17, 15) is 8.42 Å². The molecular formula is C22H26O2S. The smallest absolute Gasteiger partial charge is 0.203 e. The summed E-state index contributed by atoms with van der Waals surface area (Å²) >= 11 is 0. The summed E-state index contributed by atoms with van der Waals surface area (Å²) in [5, 5.41) is 0. The van der Waals surface area contributed by atoms with Gasteiger partial charge in [0.05, 0.1) is 9.80 Å². The molecule has 0 heterocycles. The first kappa shape index (κ1) is 15.9. The zero-order valence-corrected chi connectivity index (χ0v) is 15.6. The summed E-state index contributed by atoms with van der Waals surface area (Å²) in [5.41, 5.74) is 3.13. The zero-order valence-electron chi connectivity index (χ0n) is 14.8.